The SMILES string of the molecule is Cc1cc(N)c(NC(=O)C(C)c2ccccc2)c(Br)c1. The van der Waals surface area contributed by atoms with Crippen molar-refractivity contribution in [3.8, 4) is 0 Å². The van der Waals surface area contributed by atoms with Crippen LogP contribution < -0.4 is 11.1 Å². The first-order chi connectivity index (χ1) is 9.49. The van der Waals surface area contributed by atoms with Gasteiger partial charge in [0.25, 0.3) is 0 Å². The Bertz CT molecular complexity index is 603. The topological polar surface area (TPSA) is 55.1 Å². The van der Waals surface area contributed by atoms with Gasteiger partial charge < -0.3 is 11.1 Å². The molecule has 0 aliphatic carbocycles. The second kappa shape index (κ2) is 6.09. The lowest BCUT2D eigenvalue weighted by molar-refractivity contribution is -0.117. The lowest BCUT2D eigenvalue weighted by Crippen LogP contribution is -2.20. The molecule has 104 valence electrons. The highest BCUT2D eigenvalue weighted by atomic mass is 79.9. The molecule has 2 aromatic carbocycles. The maximum Gasteiger partial charge on any atom is 0.231 e. The van der Waals surface area contributed by atoms with Crippen LogP contribution in [0.4, 0.5) is 11.4 Å². The fraction of sp³-hybridized carbons (Fsp3) is 0.188. The second-order valence-corrected chi connectivity index (χ2v) is 5.69. The predicted octanol–water partition coefficient (Wildman–Crippen LogP) is 4.08. The van der Waals surface area contributed by atoms with Gasteiger partial charge in [0.1, 0.15) is 0 Å². The van der Waals surface area contributed by atoms with Gasteiger partial charge in [0.2, 0.25) is 5.91 Å². The molecule has 0 fully saturated rings. The smallest absolute Gasteiger partial charge is 0.231 e. The molecule has 0 saturated carbocycles. The van der Waals surface area contributed by atoms with Crippen LogP contribution in [-0.2, 0) is 4.79 Å². The van der Waals surface area contributed by atoms with E-state index in [-0.39, 0.29) is 11.8 Å². The Morgan fingerprint density at radius 2 is 1.90 bits per heavy atom. The third-order valence-electron chi connectivity index (χ3n) is 3.21. The Morgan fingerprint density at radius 1 is 1.25 bits per heavy atom. The van der Waals surface area contributed by atoms with Crippen molar-refractivity contribution in [2.24, 2.45) is 0 Å². The molecule has 3 nitrogen and oxygen atoms in total. The minimum absolute atomic E-state index is 0.0764. The number of anilines is 2. The first kappa shape index (κ1) is 14.6. The van der Waals surface area contributed by atoms with Crippen molar-refractivity contribution in [2.45, 2.75) is 19.8 Å². The number of rotatable bonds is 3. The van der Waals surface area contributed by atoms with Crippen molar-refractivity contribution in [3.05, 3.63) is 58.1 Å². The minimum atomic E-state index is -0.233. The zero-order valence-corrected chi connectivity index (χ0v) is 13.1. The molecule has 0 aliphatic rings. The molecule has 20 heavy (non-hydrogen) atoms. The van der Waals surface area contributed by atoms with Crippen LogP contribution in [0.5, 0.6) is 0 Å². The molecule has 0 saturated heterocycles. The quantitative estimate of drug-likeness (QED) is 0.832. The van der Waals surface area contributed by atoms with Gasteiger partial charge in [-0.1, -0.05) is 30.3 Å². The highest BCUT2D eigenvalue weighted by molar-refractivity contribution is 9.10. The number of nitrogens with one attached hydrogen (secondary N) is 1. The Kier molecular flexibility index (Phi) is 4.45. The Balaban J connectivity index is 2.20. The van der Waals surface area contributed by atoms with E-state index in [4.69, 9.17) is 5.73 Å². The first-order valence-electron chi connectivity index (χ1n) is 6.40. The lowest BCUT2D eigenvalue weighted by atomic mass is 10.0. The van der Waals surface area contributed by atoms with E-state index in [1.807, 2.05) is 56.3 Å². The molecule has 1 amide bonds. The molecule has 1 unspecified atom stereocenters. The third kappa shape index (κ3) is 3.20. The summed E-state index contributed by atoms with van der Waals surface area (Å²) in [5.41, 5.74) is 9.18. The van der Waals surface area contributed by atoms with Gasteiger partial charge >= 0.3 is 0 Å². The van der Waals surface area contributed by atoms with Crippen LogP contribution in [0.1, 0.15) is 24.0 Å². The Morgan fingerprint density at radius 3 is 2.50 bits per heavy atom. The Labute approximate surface area is 127 Å². The number of benzene rings is 2. The van der Waals surface area contributed by atoms with E-state index in [1.165, 1.54) is 0 Å². The zero-order chi connectivity index (χ0) is 14.7. The molecule has 0 radical (unpaired) electrons. The van der Waals surface area contributed by atoms with Crippen LogP contribution in [0.3, 0.4) is 0 Å². The van der Waals surface area contributed by atoms with Crippen LogP contribution in [0, 0.1) is 6.92 Å². The summed E-state index contributed by atoms with van der Waals surface area (Å²) in [7, 11) is 0. The van der Waals surface area contributed by atoms with E-state index in [2.05, 4.69) is 21.2 Å². The highest BCUT2D eigenvalue weighted by Crippen LogP contribution is 2.31. The fourth-order valence-electron chi connectivity index (χ4n) is 2.03. The zero-order valence-electron chi connectivity index (χ0n) is 11.5. The molecule has 4 heteroatoms. The van der Waals surface area contributed by atoms with Crippen molar-refractivity contribution in [1.29, 1.82) is 0 Å². The monoisotopic (exact) mass is 332 g/mol. The van der Waals surface area contributed by atoms with Crippen molar-refractivity contribution in [1.82, 2.24) is 0 Å². The summed E-state index contributed by atoms with van der Waals surface area (Å²) >= 11 is 3.44. The van der Waals surface area contributed by atoms with Gasteiger partial charge in [0.05, 0.1) is 17.3 Å². The molecule has 0 heterocycles. The number of aryl methyl sites for hydroxylation is 1. The van der Waals surface area contributed by atoms with E-state index >= 15 is 0 Å². The molecule has 2 rings (SSSR count). The lowest BCUT2D eigenvalue weighted by Gasteiger charge is -2.15. The van der Waals surface area contributed by atoms with Gasteiger partial charge in [0.15, 0.2) is 0 Å². The highest BCUT2D eigenvalue weighted by Gasteiger charge is 2.17. The summed E-state index contributed by atoms with van der Waals surface area (Å²) < 4.78 is 0.795. The van der Waals surface area contributed by atoms with Gasteiger partial charge in [-0.25, -0.2) is 0 Å². The molecule has 1 atom stereocenters. The number of nitrogens with two attached hydrogens (primary N) is 1. The molecule has 2 aromatic rings. The van der Waals surface area contributed by atoms with Gasteiger partial charge in [-0.2, -0.15) is 0 Å². The molecule has 0 aliphatic heterocycles. The van der Waals surface area contributed by atoms with E-state index in [0.29, 0.717) is 11.4 Å². The third-order valence-corrected chi connectivity index (χ3v) is 3.83. The van der Waals surface area contributed by atoms with E-state index in [1.54, 1.807) is 0 Å². The minimum Gasteiger partial charge on any atom is -0.397 e. The summed E-state index contributed by atoms with van der Waals surface area (Å²) in [5.74, 6) is -0.309. The number of hydrogen-bond acceptors (Lipinski definition) is 2. The average Bonchev–Trinajstić information content (AvgIpc) is 2.42. The van der Waals surface area contributed by atoms with Crippen LogP contribution >= 0.6 is 15.9 Å². The largest absolute Gasteiger partial charge is 0.397 e. The van der Waals surface area contributed by atoms with Gasteiger partial charge in [-0.05, 0) is 53.0 Å². The number of hydrogen-bond donors (Lipinski definition) is 2. The standard InChI is InChI=1S/C16H17BrN2O/c1-10-8-13(17)15(14(18)9-10)19-16(20)11(2)12-6-4-3-5-7-12/h3-9,11H,18H2,1-2H3,(H,19,20). The molecule has 0 spiro atoms. The molecule has 0 bridgehead atoms. The number of halogens is 1. The van der Waals surface area contributed by atoms with E-state index in [9.17, 15) is 4.79 Å². The molecule has 0 aromatic heterocycles. The van der Waals surface area contributed by atoms with Crippen LogP contribution in [0.25, 0.3) is 0 Å². The van der Waals surface area contributed by atoms with Crippen LogP contribution in [0.2, 0.25) is 0 Å². The van der Waals surface area contributed by atoms with Gasteiger partial charge in [-0.3, -0.25) is 4.79 Å². The van der Waals surface area contributed by atoms with E-state index in [0.717, 1.165) is 15.6 Å². The number of carbonyl (C=O) groups is 1. The summed E-state index contributed by atoms with van der Waals surface area (Å²) in [6.07, 6.45) is 0. The van der Waals surface area contributed by atoms with Gasteiger partial charge in [0, 0.05) is 4.47 Å². The Hall–Kier alpha value is -1.81. The molecule has 3 N–H and O–H groups in total. The normalized spacial score (nSPS) is 11.9. The maximum atomic E-state index is 12.3. The summed E-state index contributed by atoms with van der Waals surface area (Å²) in [6.45, 7) is 3.84. The molecular weight excluding hydrogens is 316 g/mol. The number of carbonyl (C=O) groups excluding carboxylic acids is 1. The van der Waals surface area contributed by atoms with Crippen LogP contribution in [0.15, 0.2) is 46.9 Å². The van der Waals surface area contributed by atoms with E-state index < -0.39 is 0 Å². The average molecular weight is 333 g/mol. The predicted molar refractivity (Wildman–Crippen MR) is 86.8 cm³/mol. The molecular formula is C16H17BrN2O. The van der Waals surface area contributed by atoms with Crippen molar-refractivity contribution >= 4 is 33.2 Å². The first-order valence-corrected chi connectivity index (χ1v) is 7.19. The number of amides is 1. The van der Waals surface area contributed by atoms with Crippen molar-refractivity contribution in [3.63, 3.8) is 0 Å². The summed E-state index contributed by atoms with van der Waals surface area (Å²) in [6, 6.07) is 13.4. The van der Waals surface area contributed by atoms with Crippen LogP contribution in [-0.4, -0.2) is 5.91 Å². The maximum absolute atomic E-state index is 12.3. The van der Waals surface area contributed by atoms with Gasteiger partial charge in [-0.15, -0.1) is 0 Å². The van der Waals surface area contributed by atoms with Crippen molar-refractivity contribution in [2.75, 3.05) is 11.1 Å². The van der Waals surface area contributed by atoms with Crippen molar-refractivity contribution < 1.29 is 4.79 Å². The fourth-order valence-corrected chi connectivity index (χ4v) is 2.71. The summed E-state index contributed by atoms with van der Waals surface area (Å²) in [4.78, 5) is 12.3. The second-order valence-electron chi connectivity index (χ2n) is 4.83. The summed E-state index contributed by atoms with van der Waals surface area (Å²) in [5, 5.41) is 2.89. The number of nitrogen functional groups attached to an aromatic ring is 1.